The van der Waals surface area contributed by atoms with Crippen LogP contribution in [-0.2, 0) is 21.7 Å². The van der Waals surface area contributed by atoms with Gasteiger partial charge in [0.2, 0.25) is 0 Å². The Hall–Kier alpha value is -6.20. The third kappa shape index (κ3) is 5.35. The van der Waals surface area contributed by atoms with Crippen LogP contribution in [0.3, 0.4) is 0 Å². The van der Waals surface area contributed by atoms with E-state index in [4.69, 9.17) is 9.90 Å². The zero-order valence-electron chi connectivity index (χ0n) is 57.3. The van der Waals surface area contributed by atoms with E-state index in [1.165, 1.54) is 14.4 Å². The smallest absolute Gasteiger partial charge is 0.252 e. The molecule has 0 unspecified atom stereocenters. The van der Waals surface area contributed by atoms with Crippen molar-refractivity contribution in [3.05, 3.63) is 143 Å². The van der Waals surface area contributed by atoms with E-state index in [1.807, 2.05) is 20.8 Å². The number of furan rings is 1. The lowest BCUT2D eigenvalue weighted by Crippen LogP contribution is -2.62. The molecule has 3 aliphatic rings. The molecule has 0 spiro atoms. The molecule has 9 aromatic rings. The van der Waals surface area contributed by atoms with Gasteiger partial charge < -0.3 is 18.8 Å². The Morgan fingerprint density at radius 1 is 0.444 bits per heavy atom. The van der Waals surface area contributed by atoms with E-state index in [9.17, 15) is 21.9 Å². The topological polar surface area (TPSA) is 24.6 Å². The first kappa shape index (κ1) is 22.9. The quantitative estimate of drug-likeness (QED) is 0.154. The summed E-state index contributed by atoms with van der Waals surface area (Å²) in [5.74, 6) is 0. The zero-order valence-corrected chi connectivity index (χ0v) is 37.3. The van der Waals surface area contributed by atoms with Crippen LogP contribution in [0.1, 0.15) is 133 Å². The molecule has 5 heterocycles. The van der Waals surface area contributed by atoms with Crippen molar-refractivity contribution in [1.29, 1.82) is 0 Å². The molecule has 63 heavy (non-hydrogen) atoms. The Kier molecular flexibility index (Phi) is 4.47. The van der Waals surface area contributed by atoms with Gasteiger partial charge >= 0.3 is 0 Å². The number of hydrogen-bond acceptors (Lipinski definition) is 3. The summed E-state index contributed by atoms with van der Waals surface area (Å²) in [6.45, 7) is 19.8. The van der Waals surface area contributed by atoms with Gasteiger partial charge in [-0.25, -0.2) is 0 Å². The summed E-state index contributed by atoms with van der Waals surface area (Å²) >= 11 is 0. The highest BCUT2D eigenvalue weighted by molar-refractivity contribution is 7.00. The Balaban J connectivity index is 1.40. The molecular weight excluding hydrogens is 765 g/mol. The van der Waals surface area contributed by atoms with E-state index in [1.54, 1.807) is 62.3 Å². The fraction of sp³-hybridized carbons (Fsp3) is 0.276. The first-order valence-electron chi connectivity index (χ1n) is 31.3. The second-order valence-corrected chi connectivity index (χ2v) is 21.1. The molecule has 0 saturated heterocycles. The van der Waals surface area contributed by atoms with Crippen molar-refractivity contribution in [1.82, 2.24) is 4.57 Å². The van der Waals surface area contributed by atoms with Gasteiger partial charge in [0.25, 0.3) is 6.71 Å². The summed E-state index contributed by atoms with van der Waals surface area (Å²) in [6.07, 6.45) is 0. The van der Waals surface area contributed by atoms with Crippen molar-refractivity contribution in [2.24, 2.45) is 0 Å². The van der Waals surface area contributed by atoms with Gasteiger partial charge in [-0.05, 0) is 127 Å². The van der Waals surface area contributed by atoms with Crippen molar-refractivity contribution < 1.29 is 31.8 Å². The minimum atomic E-state index is -1.57. The van der Waals surface area contributed by atoms with Gasteiger partial charge in [-0.3, -0.25) is 0 Å². The van der Waals surface area contributed by atoms with E-state index >= 15 is 0 Å². The molecule has 312 valence electrons. The van der Waals surface area contributed by atoms with Gasteiger partial charge in [0.05, 0.1) is 55.5 Å². The summed E-state index contributed by atoms with van der Waals surface area (Å²) in [7, 11) is 0. The lowest BCUT2D eigenvalue weighted by atomic mass is 9.33. The fourth-order valence-electron chi connectivity index (χ4n) is 9.10. The van der Waals surface area contributed by atoms with E-state index in [0.29, 0.717) is 0 Å². The first-order chi connectivity index (χ1) is 38.2. The second kappa shape index (κ2) is 12.3. The van der Waals surface area contributed by atoms with Crippen molar-refractivity contribution >= 4 is 101 Å². The maximum Gasteiger partial charge on any atom is 0.252 e. The summed E-state index contributed by atoms with van der Waals surface area (Å²) in [6, 6.07) is -9.81. The SMILES string of the molecule is [2H]c1c([2H])c2c3c(c1[2H])-n1c4c([2H])c([2H])c(C(C)(C)C)c([2H])c4c4c([2H])c(C(C)(C)C)c([2H])c(c41)N3c1c([2H])c(C(C)(C)C)c([2H])c3c1B2c1c([2H])c(C(C)(C)C)c([2H])c([2H])c1N3c1c([2H])c([2H])c2c(oc3c([2H])c([2H])c([2H])c([2H])c32)c1[2H]. The predicted octanol–water partition coefficient (Wildman–Crippen LogP) is 14.3. The number of nitrogens with zero attached hydrogens (tertiary/aromatic N) is 3. The monoisotopic (exact) mass is 842 g/mol. The molecule has 0 saturated carbocycles. The van der Waals surface area contributed by atoms with Crippen molar-refractivity contribution in [2.45, 2.75) is 105 Å². The average molecular weight is 842 g/mol. The second-order valence-electron chi connectivity index (χ2n) is 21.1. The van der Waals surface area contributed by atoms with Gasteiger partial charge in [0, 0.05) is 50.3 Å². The summed E-state index contributed by atoms with van der Waals surface area (Å²) in [5, 5.41) is -0.406. The minimum absolute atomic E-state index is 0.0280. The average Bonchev–Trinajstić information content (AvgIpc) is 1.71. The highest BCUT2D eigenvalue weighted by atomic mass is 16.3. The fourth-order valence-corrected chi connectivity index (χ4v) is 9.10. The molecule has 4 nitrogen and oxygen atoms in total. The first-order valence-corrected chi connectivity index (χ1v) is 21.3. The zero-order chi connectivity index (χ0) is 61.3. The third-order valence-corrected chi connectivity index (χ3v) is 12.4. The van der Waals surface area contributed by atoms with Gasteiger partial charge in [-0.15, -0.1) is 0 Å². The highest BCUT2D eigenvalue weighted by Crippen LogP contribution is 2.54. The number of benzene rings is 7. The molecule has 0 radical (unpaired) electrons. The van der Waals surface area contributed by atoms with Crippen LogP contribution < -0.4 is 26.2 Å². The lowest BCUT2D eigenvalue weighted by Gasteiger charge is -2.47. The van der Waals surface area contributed by atoms with E-state index in [0.717, 1.165) is 0 Å². The Morgan fingerprint density at radius 2 is 1.06 bits per heavy atom. The van der Waals surface area contributed by atoms with Gasteiger partial charge in [0.15, 0.2) is 0 Å². The molecule has 0 aliphatic carbocycles. The molecule has 5 heteroatoms. The normalized spacial score (nSPS) is 19.0. The van der Waals surface area contributed by atoms with Crippen LogP contribution in [0.4, 0.5) is 34.1 Å². The van der Waals surface area contributed by atoms with Crippen molar-refractivity contribution in [2.75, 3.05) is 9.80 Å². The predicted molar refractivity (Wildman–Crippen MR) is 270 cm³/mol. The Bertz CT molecular complexity index is 4630. The molecule has 0 atom stereocenters. The maximum absolute atomic E-state index is 10.7. The van der Waals surface area contributed by atoms with Crippen molar-refractivity contribution in [3.8, 4) is 5.69 Å². The lowest BCUT2D eigenvalue weighted by molar-refractivity contribution is 0.590. The van der Waals surface area contributed by atoms with Crippen LogP contribution in [0, 0.1) is 0 Å². The Morgan fingerprint density at radius 3 is 1.79 bits per heavy atom. The minimum Gasteiger partial charge on any atom is -0.456 e. The summed E-state index contributed by atoms with van der Waals surface area (Å²) in [5.41, 5.74) is -6.31. The highest BCUT2D eigenvalue weighted by Gasteiger charge is 2.47. The number of para-hydroxylation sites is 2. The molecule has 0 bridgehead atoms. The number of fused-ring (bicyclic) bond motifs is 12. The van der Waals surface area contributed by atoms with Crippen LogP contribution in [-0.4, -0.2) is 11.3 Å². The number of aromatic nitrogens is 1. The summed E-state index contributed by atoms with van der Waals surface area (Å²) < 4.78 is 204. The van der Waals surface area contributed by atoms with E-state index in [2.05, 4.69) is 0 Å². The molecule has 7 aromatic carbocycles. The van der Waals surface area contributed by atoms with Gasteiger partial charge in [-0.1, -0.05) is 131 Å². The summed E-state index contributed by atoms with van der Waals surface area (Å²) in [4.78, 5) is 2.70. The maximum atomic E-state index is 10.7. The van der Waals surface area contributed by atoms with Crippen LogP contribution in [0.2, 0.25) is 0 Å². The van der Waals surface area contributed by atoms with Crippen LogP contribution >= 0.6 is 0 Å². The third-order valence-electron chi connectivity index (χ3n) is 12.4. The standard InChI is InChI=1S/C58H56BN3O/c1-55(2,3)33-20-24-44-40(26-33)41-27-35(57(7,8)9)31-49-53(41)61(44)46-18-15-17-42-54(46)62(49)48-30-36(58(10,11)12)29-47-52(48)59(42)43-28-34(56(4,5)6)21-25-45(43)60(47)37-22-23-39-38-16-13-14-19-50(38)63-51(39)32-37/h13-32H,1-12H3/i13D,14D,15D,16D,17D,18D,19D,20D,21D,22D,23D,24D,25D,26D,27D,28D,29D,30D,31D,32D. The van der Waals surface area contributed by atoms with Crippen LogP contribution in [0.25, 0.3) is 49.4 Å². The molecular formula is C58H56BN3O. The molecule has 3 aliphatic heterocycles. The number of hydrogen-bond donors (Lipinski definition) is 0. The van der Waals surface area contributed by atoms with Gasteiger partial charge in [0.1, 0.15) is 11.2 Å². The molecule has 0 fully saturated rings. The van der Waals surface area contributed by atoms with E-state index in [-0.39, 0.29) is 148 Å². The molecule has 12 rings (SSSR count). The number of anilines is 6. The van der Waals surface area contributed by atoms with Crippen LogP contribution in [0.15, 0.2) is 125 Å². The number of rotatable bonds is 1. The van der Waals surface area contributed by atoms with Crippen LogP contribution in [0.5, 0.6) is 0 Å². The molecule has 0 N–H and O–H groups in total. The van der Waals surface area contributed by atoms with Crippen molar-refractivity contribution in [3.63, 3.8) is 0 Å². The largest absolute Gasteiger partial charge is 0.456 e. The van der Waals surface area contributed by atoms with E-state index < -0.39 is 124 Å². The van der Waals surface area contributed by atoms with Gasteiger partial charge in [-0.2, -0.15) is 0 Å². The molecule has 2 aromatic heterocycles. The Labute approximate surface area is 400 Å². The molecule has 0 amide bonds.